The Morgan fingerprint density at radius 3 is 2.33 bits per heavy atom. The Hall–Kier alpha value is -1.88. The lowest BCUT2D eigenvalue weighted by Gasteiger charge is -2.12. The summed E-state index contributed by atoms with van der Waals surface area (Å²) in [7, 11) is 0. The third kappa shape index (κ3) is 3.61. The minimum Gasteiger partial charge on any atom is -0.340 e. The molecule has 1 aromatic heterocycles. The Morgan fingerprint density at radius 1 is 1.19 bits per heavy atom. The van der Waals surface area contributed by atoms with E-state index in [4.69, 9.17) is 0 Å². The van der Waals surface area contributed by atoms with Crippen molar-refractivity contribution in [3.05, 3.63) is 52.3 Å². The van der Waals surface area contributed by atoms with Crippen LogP contribution in [0.5, 0.6) is 0 Å². The van der Waals surface area contributed by atoms with Crippen molar-refractivity contribution >= 4 is 33.3 Å². The largest absolute Gasteiger partial charge is 0.340 e. The molecule has 0 saturated heterocycles. The predicted molar refractivity (Wildman–Crippen MR) is 86.9 cm³/mol. The second-order valence-corrected chi connectivity index (χ2v) is 6.05. The second-order valence-electron chi connectivity index (χ2n) is 5.13. The van der Waals surface area contributed by atoms with E-state index in [1.807, 2.05) is 24.6 Å². The van der Waals surface area contributed by atoms with E-state index >= 15 is 0 Å². The Bertz CT molecular complexity index is 672. The van der Waals surface area contributed by atoms with Crippen molar-refractivity contribution in [3.63, 3.8) is 0 Å². The maximum Gasteiger partial charge on any atom is 0.272 e. The molecule has 0 aliphatic heterocycles. The van der Waals surface area contributed by atoms with Crippen LogP contribution in [0.15, 0.2) is 41.0 Å². The van der Waals surface area contributed by atoms with Gasteiger partial charge in [0.05, 0.1) is 0 Å². The fourth-order valence-electron chi connectivity index (χ4n) is 2.04. The van der Waals surface area contributed by atoms with Gasteiger partial charge in [-0.25, -0.2) is 0 Å². The van der Waals surface area contributed by atoms with E-state index in [1.54, 1.807) is 30.3 Å². The van der Waals surface area contributed by atoms with Gasteiger partial charge in [-0.1, -0.05) is 0 Å². The third-order valence-corrected chi connectivity index (χ3v) is 3.59. The van der Waals surface area contributed by atoms with E-state index in [-0.39, 0.29) is 17.7 Å². The van der Waals surface area contributed by atoms with Crippen LogP contribution in [0.3, 0.4) is 0 Å². The van der Waals surface area contributed by atoms with Gasteiger partial charge >= 0.3 is 0 Å². The molecule has 2 aromatic rings. The molecule has 0 saturated carbocycles. The quantitative estimate of drug-likeness (QED) is 0.838. The van der Waals surface area contributed by atoms with Crippen molar-refractivity contribution in [1.29, 1.82) is 0 Å². The number of rotatable bonds is 4. The summed E-state index contributed by atoms with van der Waals surface area (Å²) < 4.78 is 2.77. The summed E-state index contributed by atoms with van der Waals surface area (Å²) in [6.45, 7) is 5.55. The molecule has 1 N–H and O–H groups in total. The number of benzene rings is 1. The Balaban J connectivity index is 2.20. The van der Waals surface area contributed by atoms with Crippen LogP contribution in [0, 0.1) is 0 Å². The maximum absolute atomic E-state index is 12.4. The molecule has 0 fully saturated rings. The average molecular weight is 349 g/mol. The van der Waals surface area contributed by atoms with Crippen LogP contribution in [-0.2, 0) is 0 Å². The van der Waals surface area contributed by atoms with Crippen LogP contribution in [0.1, 0.15) is 47.7 Å². The van der Waals surface area contributed by atoms with Crippen molar-refractivity contribution < 1.29 is 9.59 Å². The first-order chi connectivity index (χ1) is 9.88. The molecule has 0 radical (unpaired) electrons. The molecule has 5 heteroatoms. The summed E-state index contributed by atoms with van der Waals surface area (Å²) in [4.78, 5) is 23.6. The fraction of sp³-hybridized carbons (Fsp3) is 0.250. The lowest BCUT2D eigenvalue weighted by molar-refractivity contribution is 0.101. The number of anilines is 1. The molecular formula is C16H17BrN2O2. The van der Waals surface area contributed by atoms with Crippen LogP contribution in [-0.4, -0.2) is 16.3 Å². The van der Waals surface area contributed by atoms with E-state index in [1.165, 1.54) is 6.92 Å². The van der Waals surface area contributed by atoms with Crippen molar-refractivity contribution in [2.24, 2.45) is 0 Å². The first-order valence-electron chi connectivity index (χ1n) is 6.68. The zero-order valence-electron chi connectivity index (χ0n) is 12.2. The number of ketones is 1. The molecule has 0 atom stereocenters. The van der Waals surface area contributed by atoms with E-state index in [2.05, 4.69) is 21.2 Å². The zero-order valence-corrected chi connectivity index (χ0v) is 13.8. The van der Waals surface area contributed by atoms with Gasteiger partial charge in [0, 0.05) is 28.0 Å². The summed E-state index contributed by atoms with van der Waals surface area (Å²) in [6.07, 6.45) is 1.89. The number of hydrogen-bond donors (Lipinski definition) is 1. The molecule has 0 unspecified atom stereocenters. The number of aromatic nitrogens is 1. The smallest absolute Gasteiger partial charge is 0.272 e. The number of hydrogen-bond acceptors (Lipinski definition) is 2. The van der Waals surface area contributed by atoms with Crippen molar-refractivity contribution in [2.45, 2.75) is 26.8 Å². The van der Waals surface area contributed by atoms with Gasteiger partial charge in [0.25, 0.3) is 5.91 Å². The summed E-state index contributed by atoms with van der Waals surface area (Å²) in [5.74, 6) is -0.171. The van der Waals surface area contributed by atoms with Gasteiger partial charge in [-0.2, -0.15) is 0 Å². The fourth-order valence-corrected chi connectivity index (χ4v) is 2.48. The maximum atomic E-state index is 12.4. The van der Waals surface area contributed by atoms with Gasteiger partial charge in [0.2, 0.25) is 0 Å². The predicted octanol–water partition coefficient (Wildman–Crippen LogP) is 4.29. The monoisotopic (exact) mass is 348 g/mol. The van der Waals surface area contributed by atoms with Gasteiger partial charge in [0.1, 0.15) is 5.69 Å². The summed E-state index contributed by atoms with van der Waals surface area (Å²) in [6, 6.07) is 8.85. The number of Topliss-reactive ketones (excluding diaryl/α,β-unsaturated/α-hetero) is 1. The number of carbonyl (C=O) groups is 2. The summed E-state index contributed by atoms with van der Waals surface area (Å²) >= 11 is 3.39. The van der Waals surface area contributed by atoms with Gasteiger partial charge in [-0.05, 0) is 67.0 Å². The third-order valence-electron chi connectivity index (χ3n) is 3.15. The molecule has 21 heavy (non-hydrogen) atoms. The number of nitrogens with one attached hydrogen (secondary N) is 1. The van der Waals surface area contributed by atoms with E-state index in [0.717, 1.165) is 4.47 Å². The molecule has 1 aromatic carbocycles. The lowest BCUT2D eigenvalue weighted by Crippen LogP contribution is -2.17. The summed E-state index contributed by atoms with van der Waals surface area (Å²) in [5, 5.41) is 2.84. The van der Waals surface area contributed by atoms with Gasteiger partial charge < -0.3 is 9.88 Å². The topological polar surface area (TPSA) is 51.1 Å². The normalized spacial score (nSPS) is 10.7. The second kappa shape index (κ2) is 6.26. The average Bonchev–Trinajstić information content (AvgIpc) is 2.82. The standard InChI is InChI=1S/C16H17BrN2O2/c1-10(2)19-9-13(17)8-15(19)16(21)18-14-6-4-12(5-7-14)11(3)20/h4-10H,1-3H3,(H,18,21). The molecule has 1 heterocycles. The number of carbonyl (C=O) groups excluding carboxylic acids is 2. The van der Waals surface area contributed by atoms with Crippen molar-refractivity contribution in [2.75, 3.05) is 5.32 Å². The highest BCUT2D eigenvalue weighted by Gasteiger charge is 2.15. The van der Waals surface area contributed by atoms with Gasteiger partial charge in [0.15, 0.2) is 5.78 Å². The van der Waals surface area contributed by atoms with Crippen LogP contribution in [0.4, 0.5) is 5.69 Å². The molecule has 0 bridgehead atoms. The lowest BCUT2D eigenvalue weighted by atomic mass is 10.1. The van der Waals surface area contributed by atoms with Gasteiger partial charge in [-0.3, -0.25) is 9.59 Å². The van der Waals surface area contributed by atoms with Crippen molar-refractivity contribution in [3.8, 4) is 0 Å². The van der Waals surface area contributed by atoms with Crippen LogP contribution >= 0.6 is 15.9 Å². The highest BCUT2D eigenvalue weighted by atomic mass is 79.9. The molecule has 110 valence electrons. The Labute approximate surface area is 132 Å². The SMILES string of the molecule is CC(=O)c1ccc(NC(=O)c2cc(Br)cn2C(C)C)cc1. The minimum atomic E-state index is -0.176. The van der Waals surface area contributed by atoms with Crippen LogP contribution in [0.25, 0.3) is 0 Å². The van der Waals surface area contributed by atoms with Crippen LogP contribution < -0.4 is 5.32 Å². The van der Waals surface area contributed by atoms with Gasteiger partial charge in [-0.15, -0.1) is 0 Å². The van der Waals surface area contributed by atoms with E-state index in [9.17, 15) is 9.59 Å². The highest BCUT2D eigenvalue weighted by molar-refractivity contribution is 9.10. The Morgan fingerprint density at radius 2 is 1.81 bits per heavy atom. The summed E-state index contributed by atoms with van der Waals surface area (Å²) in [5.41, 5.74) is 1.88. The first-order valence-corrected chi connectivity index (χ1v) is 7.47. The number of nitrogens with zero attached hydrogens (tertiary/aromatic N) is 1. The molecule has 1 amide bonds. The zero-order chi connectivity index (χ0) is 15.6. The molecule has 0 spiro atoms. The molecule has 4 nitrogen and oxygen atoms in total. The Kier molecular flexibility index (Phi) is 4.63. The molecule has 0 aliphatic carbocycles. The molecular weight excluding hydrogens is 332 g/mol. The number of amides is 1. The van der Waals surface area contributed by atoms with Crippen LogP contribution in [0.2, 0.25) is 0 Å². The highest BCUT2D eigenvalue weighted by Crippen LogP contribution is 2.20. The first kappa shape index (κ1) is 15.5. The number of halogens is 1. The molecule has 0 aliphatic rings. The molecule has 2 rings (SSSR count). The van der Waals surface area contributed by atoms with Crippen molar-refractivity contribution in [1.82, 2.24) is 4.57 Å². The van der Waals surface area contributed by atoms with E-state index < -0.39 is 0 Å². The minimum absolute atomic E-state index is 0.00508. The van der Waals surface area contributed by atoms with E-state index in [0.29, 0.717) is 16.9 Å².